The maximum atomic E-state index is 11.3. The van der Waals surface area contributed by atoms with Gasteiger partial charge in [-0.25, -0.2) is 8.42 Å². The molecule has 1 saturated carbocycles. The van der Waals surface area contributed by atoms with Gasteiger partial charge in [-0.3, -0.25) is 4.90 Å². The van der Waals surface area contributed by atoms with Crippen molar-refractivity contribution in [3.8, 4) is 0 Å². The van der Waals surface area contributed by atoms with Gasteiger partial charge < -0.3 is 10.5 Å². The summed E-state index contributed by atoms with van der Waals surface area (Å²) in [6, 6.07) is 0.358. The molecule has 2 fully saturated rings. The highest BCUT2D eigenvalue weighted by Crippen LogP contribution is 2.19. The van der Waals surface area contributed by atoms with Gasteiger partial charge in [0, 0.05) is 25.7 Å². The van der Waals surface area contributed by atoms with Gasteiger partial charge in [0.25, 0.3) is 0 Å². The molecule has 0 amide bonds. The van der Waals surface area contributed by atoms with Crippen molar-refractivity contribution in [2.45, 2.75) is 37.8 Å². The average Bonchev–Trinajstić information content (AvgIpc) is 2.34. The third-order valence-electron chi connectivity index (χ3n) is 3.92. The zero-order chi connectivity index (χ0) is 13.0. The molecule has 2 N–H and O–H groups in total. The number of nitrogens with two attached hydrogens (primary N) is 1. The highest BCUT2D eigenvalue weighted by atomic mass is 32.2. The Hall–Kier alpha value is -0.170. The number of hydrogen-bond acceptors (Lipinski definition) is 5. The third-order valence-corrected chi connectivity index (χ3v) is 5.53. The molecule has 1 saturated heterocycles. The van der Waals surface area contributed by atoms with E-state index in [1.807, 2.05) is 0 Å². The molecule has 1 aliphatic heterocycles. The second kappa shape index (κ2) is 6.32. The molecule has 6 heteroatoms. The fraction of sp³-hybridized carbons (Fsp3) is 1.00. The summed E-state index contributed by atoms with van der Waals surface area (Å²) in [5.74, 6) is 0.594. The van der Waals surface area contributed by atoms with Crippen LogP contribution in [0.4, 0.5) is 0 Å². The van der Waals surface area contributed by atoms with E-state index in [0.29, 0.717) is 43.3 Å². The molecule has 0 bridgehead atoms. The van der Waals surface area contributed by atoms with Crippen molar-refractivity contribution < 1.29 is 13.2 Å². The van der Waals surface area contributed by atoms with E-state index in [4.69, 9.17) is 10.5 Å². The fourth-order valence-electron chi connectivity index (χ4n) is 2.58. The summed E-state index contributed by atoms with van der Waals surface area (Å²) in [6.45, 7) is 2.86. The van der Waals surface area contributed by atoms with Crippen LogP contribution in [-0.4, -0.2) is 63.2 Å². The number of sulfone groups is 1. The molecule has 0 aromatic rings. The van der Waals surface area contributed by atoms with E-state index >= 15 is 0 Å². The largest absolute Gasteiger partial charge is 0.377 e. The van der Waals surface area contributed by atoms with Crippen LogP contribution in [0.1, 0.15) is 25.7 Å². The lowest BCUT2D eigenvalue weighted by atomic mass is 9.94. The molecule has 0 unspecified atom stereocenters. The predicted molar refractivity (Wildman–Crippen MR) is 71.3 cm³/mol. The molecule has 18 heavy (non-hydrogen) atoms. The summed E-state index contributed by atoms with van der Waals surface area (Å²) >= 11 is 0. The summed E-state index contributed by atoms with van der Waals surface area (Å²) in [5.41, 5.74) is 5.85. The number of hydrogen-bond donors (Lipinski definition) is 1. The van der Waals surface area contributed by atoms with E-state index in [1.165, 1.54) is 0 Å². The molecule has 106 valence electrons. The molecule has 0 atom stereocenters. The van der Waals surface area contributed by atoms with Gasteiger partial charge in [-0.15, -0.1) is 0 Å². The zero-order valence-corrected chi connectivity index (χ0v) is 11.7. The van der Waals surface area contributed by atoms with Crippen LogP contribution in [-0.2, 0) is 14.6 Å². The Morgan fingerprint density at radius 1 is 1.11 bits per heavy atom. The van der Waals surface area contributed by atoms with Crippen LogP contribution >= 0.6 is 0 Å². The van der Waals surface area contributed by atoms with Crippen molar-refractivity contribution in [2.24, 2.45) is 5.73 Å². The molecule has 0 spiro atoms. The maximum absolute atomic E-state index is 11.3. The number of ether oxygens (including phenoxy) is 1. The van der Waals surface area contributed by atoms with Gasteiger partial charge in [-0.2, -0.15) is 0 Å². The summed E-state index contributed by atoms with van der Waals surface area (Å²) in [4.78, 5) is 2.18. The summed E-state index contributed by atoms with van der Waals surface area (Å²) in [7, 11) is -2.76. The Morgan fingerprint density at radius 3 is 2.33 bits per heavy atom. The van der Waals surface area contributed by atoms with Crippen LogP contribution in [0.3, 0.4) is 0 Å². The van der Waals surface area contributed by atoms with E-state index in [1.54, 1.807) is 0 Å². The Morgan fingerprint density at radius 2 is 1.72 bits per heavy atom. The van der Waals surface area contributed by atoms with Gasteiger partial charge in [-0.1, -0.05) is 0 Å². The highest BCUT2D eigenvalue weighted by molar-refractivity contribution is 7.91. The van der Waals surface area contributed by atoms with E-state index in [9.17, 15) is 8.42 Å². The molecular formula is C12H24N2O3S. The second-order valence-electron chi connectivity index (χ2n) is 5.40. The van der Waals surface area contributed by atoms with Gasteiger partial charge in [0.05, 0.1) is 24.2 Å². The van der Waals surface area contributed by atoms with E-state index < -0.39 is 9.84 Å². The van der Waals surface area contributed by atoms with Crippen molar-refractivity contribution in [1.29, 1.82) is 0 Å². The first kappa shape index (κ1) is 14.2. The Kier molecular flexibility index (Phi) is 5.00. The molecule has 5 nitrogen and oxygen atoms in total. The lowest BCUT2D eigenvalue weighted by Crippen LogP contribution is -2.42. The third kappa shape index (κ3) is 4.50. The summed E-state index contributed by atoms with van der Waals surface area (Å²) in [6.07, 6.45) is 4.61. The molecule has 0 aromatic heterocycles. The Bertz CT molecular complexity index is 336. The van der Waals surface area contributed by atoms with Crippen LogP contribution < -0.4 is 5.73 Å². The lowest BCUT2D eigenvalue weighted by molar-refractivity contribution is 0.0143. The smallest absolute Gasteiger partial charge is 0.152 e. The van der Waals surface area contributed by atoms with Crippen molar-refractivity contribution in [2.75, 3.05) is 37.7 Å². The van der Waals surface area contributed by atoms with Crippen molar-refractivity contribution in [3.63, 3.8) is 0 Å². The quantitative estimate of drug-likeness (QED) is 0.782. The summed E-state index contributed by atoms with van der Waals surface area (Å²) < 4.78 is 28.4. The zero-order valence-electron chi connectivity index (χ0n) is 10.9. The topological polar surface area (TPSA) is 72.6 Å². The van der Waals surface area contributed by atoms with Gasteiger partial charge >= 0.3 is 0 Å². The van der Waals surface area contributed by atoms with Crippen LogP contribution in [0.2, 0.25) is 0 Å². The minimum absolute atomic E-state index is 0.297. The Balaban J connectivity index is 1.59. The molecular weight excluding hydrogens is 252 g/mol. The van der Waals surface area contributed by atoms with Crippen LogP contribution in [0.25, 0.3) is 0 Å². The first-order valence-electron chi connectivity index (χ1n) is 6.85. The van der Waals surface area contributed by atoms with Gasteiger partial charge in [0.1, 0.15) is 0 Å². The van der Waals surface area contributed by atoms with Gasteiger partial charge in [0.2, 0.25) is 0 Å². The maximum Gasteiger partial charge on any atom is 0.152 e. The fourth-order valence-corrected chi connectivity index (χ4v) is 3.85. The minimum Gasteiger partial charge on any atom is -0.377 e. The normalized spacial score (nSPS) is 33.4. The lowest BCUT2D eigenvalue weighted by Gasteiger charge is -2.29. The standard InChI is InChI=1S/C12H24N2O3S/c13-11-1-3-12(4-2-11)17-8-5-14-6-9-18(15,16)10-7-14/h11-12H,1-10,13H2. The van der Waals surface area contributed by atoms with Crippen LogP contribution in [0.5, 0.6) is 0 Å². The molecule has 2 rings (SSSR count). The predicted octanol–water partition coefficient (Wildman–Crippen LogP) is 0.00330. The minimum atomic E-state index is -2.76. The highest BCUT2D eigenvalue weighted by Gasteiger charge is 2.22. The molecule has 2 aliphatic rings. The van der Waals surface area contributed by atoms with Crippen molar-refractivity contribution in [1.82, 2.24) is 4.90 Å². The number of nitrogens with zero attached hydrogens (tertiary/aromatic N) is 1. The Labute approximate surface area is 110 Å². The molecule has 0 radical (unpaired) electrons. The van der Waals surface area contributed by atoms with Crippen LogP contribution in [0, 0.1) is 0 Å². The van der Waals surface area contributed by atoms with E-state index in [-0.39, 0.29) is 0 Å². The first-order valence-corrected chi connectivity index (χ1v) is 8.67. The van der Waals surface area contributed by atoms with Crippen molar-refractivity contribution >= 4 is 9.84 Å². The van der Waals surface area contributed by atoms with Gasteiger partial charge in [0.15, 0.2) is 9.84 Å². The molecule has 1 heterocycles. The first-order chi connectivity index (χ1) is 8.55. The number of rotatable bonds is 4. The molecule has 1 aliphatic carbocycles. The van der Waals surface area contributed by atoms with E-state index in [0.717, 1.165) is 32.2 Å². The van der Waals surface area contributed by atoms with Gasteiger partial charge in [-0.05, 0) is 25.7 Å². The van der Waals surface area contributed by atoms with Crippen molar-refractivity contribution in [3.05, 3.63) is 0 Å². The molecule has 0 aromatic carbocycles. The van der Waals surface area contributed by atoms with Crippen LogP contribution in [0.15, 0.2) is 0 Å². The summed E-state index contributed by atoms with van der Waals surface area (Å²) in [5, 5.41) is 0. The monoisotopic (exact) mass is 276 g/mol. The SMILES string of the molecule is NC1CCC(OCCN2CCS(=O)(=O)CC2)CC1. The van der Waals surface area contributed by atoms with E-state index in [2.05, 4.69) is 4.90 Å². The average molecular weight is 276 g/mol. The second-order valence-corrected chi connectivity index (χ2v) is 7.70.